The maximum Gasteiger partial charge on any atom is 0.237 e. The average Bonchev–Trinajstić information content (AvgIpc) is 2.74. The number of benzene rings is 2. The van der Waals surface area contributed by atoms with Crippen LogP contribution in [0.3, 0.4) is 0 Å². The van der Waals surface area contributed by atoms with Crippen molar-refractivity contribution in [3.05, 3.63) is 72.1 Å². The Morgan fingerprint density at radius 3 is 1.94 bits per heavy atom. The topological polar surface area (TPSA) is 73.5 Å². The van der Waals surface area contributed by atoms with Crippen LogP contribution in [0.4, 0.5) is 5.82 Å². The lowest BCUT2D eigenvalue weighted by Gasteiger charge is -2.33. The fraction of sp³-hybridized carbons (Fsp3) is 0.360. The molecule has 4 rings (SSSR count). The summed E-state index contributed by atoms with van der Waals surface area (Å²) in [6, 6.07) is 16.8. The van der Waals surface area contributed by atoms with E-state index < -0.39 is 0 Å². The van der Waals surface area contributed by atoms with Gasteiger partial charge in [0.1, 0.15) is 23.4 Å². The molecule has 0 saturated heterocycles. The number of hydrogen-bond donors (Lipinski definition) is 1. The van der Waals surface area contributed by atoms with Crippen molar-refractivity contribution in [1.29, 1.82) is 0 Å². The summed E-state index contributed by atoms with van der Waals surface area (Å²) in [5.41, 5.74) is 8.12. The van der Waals surface area contributed by atoms with Gasteiger partial charge in [-0.05, 0) is 48.2 Å². The van der Waals surface area contributed by atoms with Gasteiger partial charge in [-0.25, -0.2) is 9.97 Å². The highest BCUT2D eigenvalue weighted by molar-refractivity contribution is 5.42. The summed E-state index contributed by atoms with van der Waals surface area (Å²) in [5.74, 6) is 2.90. The average molecular weight is 419 g/mol. The van der Waals surface area contributed by atoms with Gasteiger partial charge in [0.25, 0.3) is 0 Å². The Labute approximate surface area is 184 Å². The van der Waals surface area contributed by atoms with Crippen LogP contribution in [-0.2, 0) is 5.41 Å². The van der Waals surface area contributed by atoms with Crippen molar-refractivity contribution in [1.82, 2.24) is 9.97 Å². The van der Waals surface area contributed by atoms with Crippen LogP contribution in [0.15, 0.2) is 60.9 Å². The molecule has 6 nitrogen and oxygen atoms in total. The van der Waals surface area contributed by atoms with E-state index in [9.17, 15) is 0 Å². The third-order valence-electron chi connectivity index (χ3n) is 5.88. The Morgan fingerprint density at radius 2 is 1.45 bits per heavy atom. The molecule has 2 aromatic carbocycles. The number of ether oxygens (including phenoxy) is 2. The predicted molar refractivity (Wildman–Crippen MR) is 123 cm³/mol. The molecular formula is C25H30N4O2. The molecule has 1 heterocycles. The van der Waals surface area contributed by atoms with Crippen LogP contribution in [0.25, 0.3) is 0 Å². The lowest BCUT2D eigenvalue weighted by molar-refractivity contribution is 0.101. The first kappa shape index (κ1) is 21.1. The van der Waals surface area contributed by atoms with E-state index in [1.54, 1.807) is 12.4 Å². The molecule has 0 atom stereocenters. The van der Waals surface area contributed by atoms with Crippen LogP contribution in [-0.4, -0.2) is 36.2 Å². The number of rotatable bonds is 7. The first-order valence-electron chi connectivity index (χ1n) is 10.6. The Kier molecular flexibility index (Phi) is 5.83. The van der Waals surface area contributed by atoms with E-state index in [2.05, 4.69) is 60.2 Å². The minimum atomic E-state index is -0.150. The summed E-state index contributed by atoms with van der Waals surface area (Å²) >= 11 is 0. The number of hydrogen-bond acceptors (Lipinski definition) is 6. The highest BCUT2D eigenvalue weighted by atomic mass is 16.5. The second kappa shape index (κ2) is 8.55. The van der Waals surface area contributed by atoms with Crippen molar-refractivity contribution in [2.24, 2.45) is 5.73 Å². The van der Waals surface area contributed by atoms with Crippen molar-refractivity contribution in [3.8, 4) is 17.4 Å². The maximum absolute atomic E-state index is 5.98. The minimum Gasteiger partial charge on any atom is -0.490 e. The van der Waals surface area contributed by atoms with Gasteiger partial charge in [-0.15, -0.1) is 0 Å². The van der Waals surface area contributed by atoms with Gasteiger partial charge in [0.2, 0.25) is 5.88 Å². The van der Waals surface area contributed by atoms with Crippen LogP contribution < -0.4 is 20.1 Å². The van der Waals surface area contributed by atoms with Crippen LogP contribution in [0, 0.1) is 0 Å². The Balaban J connectivity index is 1.42. The first-order chi connectivity index (χ1) is 14.8. The largest absolute Gasteiger partial charge is 0.490 e. The molecular weight excluding hydrogens is 388 g/mol. The van der Waals surface area contributed by atoms with E-state index in [4.69, 9.17) is 15.2 Å². The second-order valence-electron chi connectivity index (χ2n) is 8.85. The standard InChI is InChI=1S/C25H30N4O2/c1-25(2,17-5-9-20(10-6-17)30-22-13-19(26)14-22)18-7-11-21(12-8-18)31-24-16-27-23(15-28-24)29(3)4/h5-12,15-16,19,22H,13-14,26H2,1-4H3/t19-,22-. The number of anilines is 1. The van der Waals surface area contributed by atoms with Gasteiger partial charge in [0.05, 0.1) is 12.4 Å². The van der Waals surface area contributed by atoms with Gasteiger partial charge in [0, 0.05) is 25.6 Å². The summed E-state index contributed by atoms with van der Waals surface area (Å²) < 4.78 is 11.8. The van der Waals surface area contributed by atoms with Crippen LogP contribution in [0.5, 0.6) is 17.4 Å². The van der Waals surface area contributed by atoms with Crippen LogP contribution in [0.2, 0.25) is 0 Å². The molecule has 0 spiro atoms. The van der Waals surface area contributed by atoms with Gasteiger partial charge < -0.3 is 20.1 Å². The number of aromatic nitrogens is 2. The first-order valence-corrected chi connectivity index (χ1v) is 10.6. The van der Waals surface area contributed by atoms with Crippen molar-refractivity contribution >= 4 is 5.82 Å². The Hall–Kier alpha value is -3.12. The third kappa shape index (κ3) is 4.80. The molecule has 0 unspecified atom stereocenters. The zero-order valence-electron chi connectivity index (χ0n) is 18.6. The highest BCUT2D eigenvalue weighted by Crippen LogP contribution is 2.34. The molecule has 1 aliphatic rings. The van der Waals surface area contributed by atoms with E-state index >= 15 is 0 Å². The molecule has 162 valence electrons. The zero-order valence-corrected chi connectivity index (χ0v) is 18.6. The molecule has 1 aromatic heterocycles. The van der Waals surface area contributed by atoms with E-state index in [1.807, 2.05) is 31.1 Å². The van der Waals surface area contributed by atoms with Crippen molar-refractivity contribution in [3.63, 3.8) is 0 Å². The normalized spacial score (nSPS) is 18.2. The smallest absolute Gasteiger partial charge is 0.237 e. The van der Waals surface area contributed by atoms with Crippen LogP contribution in [0.1, 0.15) is 37.8 Å². The third-order valence-corrected chi connectivity index (χ3v) is 5.88. The zero-order chi connectivity index (χ0) is 22.0. The predicted octanol–water partition coefficient (Wildman–Crippen LogP) is 4.53. The summed E-state index contributed by atoms with van der Waals surface area (Å²) in [4.78, 5) is 10.5. The van der Waals surface area contributed by atoms with Gasteiger partial charge >= 0.3 is 0 Å². The second-order valence-corrected chi connectivity index (χ2v) is 8.85. The lowest BCUT2D eigenvalue weighted by Crippen LogP contribution is -2.43. The van der Waals surface area contributed by atoms with Gasteiger partial charge in [0.15, 0.2) is 0 Å². The molecule has 1 saturated carbocycles. The number of nitrogens with two attached hydrogens (primary N) is 1. The van der Waals surface area contributed by atoms with Gasteiger partial charge in [-0.3, -0.25) is 0 Å². The minimum absolute atomic E-state index is 0.150. The molecule has 3 aromatic rings. The van der Waals surface area contributed by atoms with Crippen molar-refractivity contribution in [2.45, 2.75) is 44.2 Å². The quantitative estimate of drug-likeness (QED) is 0.608. The Morgan fingerprint density at radius 1 is 0.871 bits per heavy atom. The monoisotopic (exact) mass is 418 g/mol. The summed E-state index contributed by atoms with van der Waals surface area (Å²) in [7, 11) is 3.85. The molecule has 1 aliphatic carbocycles. The molecule has 6 heteroatoms. The molecule has 0 aliphatic heterocycles. The maximum atomic E-state index is 5.98. The van der Waals surface area contributed by atoms with Crippen LogP contribution >= 0.6 is 0 Å². The van der Waals surface area contributed by atoms with Gasteiger partial charge in [-0.2, -0.15) is 0 Å². The molecule has 0 amide bonds. The lowest BCUT2D eigenvalue weighted by atomic mass is 9.78. The molecule has 2 N–H and O–H groups in total. The summed E-state index contributed by atoms with van der Waals surface area (Å²) in [6.45, 7) is 4.43. The fourth-order valence-corrected chi connectivity index (χ4v) is 3.67. The fourth-order valence-electron chi connectivity index (χ4n) is 3.67. The van der Waals surface area contributed by atoms with Crippen molar-refractivity contribution < 1.29 is 9.47 Å². The molecule has 31 heavy (non-hydrogen) atoms. The Bertz CT molecular complexity index is 993. The van der Waals surface area contributed by atoms with E-state index in [0.717, 1.165) is 30.2 Å². The molecule has 0 bridgehead atoms. The van der Waals surface area contributed by atoms with Gasteiger partial charge in [-0.1, -0.05) is 38.1 Å². The number of nitrogens with zero attached hydrogens (tertiary/aromatic N) is 3. The molecule has 0 radical (unpaired) electrons. The highest BCUT2D eigenvalue weighted by Gasteiger charge is 2.28. The summed E-state index contributed by atoms with van der Waals surface area (Å²) in [5, 5.41) is 0. The molecule has 1 fully saturated rings. The SMILES string of the molecule is CN(C)c1cnc(Oc2ccc(C(C)(C)c3ccc(O[C@H]4C[C@H](N)C4)cc3)cc2)cn1. The van der Waals surface area contributed by atoms with E-state index in [1.165, 1.54) is 11.1 Å². The van der Waals surface area contributed by atoms with E-state index in [-0.39, 0.29) is 11.5 Å². The van der Waals surface area contributed by atoms with E-state index in [0.29, 0.717) is 11.9 Å². The summed E-state index contributed by atoms with van der Waals surface area (Å²) in [6.07, 6.45) is 5.46. The van der Waals surface area contributed by atoms with Crippen molar-refractivity contribution in [2.75, 3.05) is 19.0 Å².